The number of hydrogen-bond acceptors (Lipinski definition) is 5. The largest absolute Gasteiger partial charge is 0.495 e. The Hall–Kier alpha value is -3.02. The summed E-state index contributed by atoms with van der Waals surface area (Å²) in [6.07, 6.45) is 0. The molecular formula is C17H17NO5. The number of carbonyl (C=O) groups excluding carboxylic acids is 1. The van der Waals surface area contributed by atoms with E-state index in [0.29, 0.717) is 11.4 Å². The molecule has 0 heterocycles. The second-order valence-electron chi connectivity index (χ2n) is 4.58. The third-order valence-electron chi connectivity index (χ3n) is 3.15. The summed E-state index contributed by atoms with van der Waals surface area (Å²) in [5, 5.41) is 12.5. The molecule has 0 unspecified atom stereocenters. The summed E-state index contributed by atoms with van der Waals surface area (Å²) in [7, 11) is 1.52. The number of aromatic carboxylic acids is 1. The lowest BCUT2D eigenvalue weighted by molar-refractivity contribution is 0.0515. The van der Waals surface area contributed by atoms with Crippen molar-refractivity contribution in [2.75, 3.05) is 19.0 Å². The van der Waals surface area contributed by atoms with Gasteiger partial charge in [-0.05, 0) is 31.2 Å². The first-order chi connectivity index (χ1) is 11.1. The van der Waals surface area contributed by atoms with Crippen molar-refractivity contribution >= 4 is 23.3 Å². The Morgan fingerprint density at radius 2 is 1.78 bits per heavy atom. The van der Waals surface area contributed by atoms with Crippen molar-refractivity contribution in [2.45, 2.75) is 6.92 Å². The Bertz CT molecular complexity index is 727. The van der Waals surface area contributed by atoms with Gasteiger partial charge in [0.15, 0.2) is 0 Å². The molecule has 120 valence electrons. The monoisotopic (exact) mass is 315 g/mol. The molecule has 0 amide bonds. The summed E-state index contributed by atoms with van der Waals surface area (Å²) >= 11 is 0. The molecule has 0 spiro atoms. The second kappa shape index (κ2) is 7.31. The molecule has 6 heteroatoms. The van der Waals surface area contributed by atoms with Gasteiger partial charge in [0, 0.05) is 0 Å². The van der Waals surface area contributed by atoms with Gasteiger partial charge < -0.3 is 19.9 Å². The first-order valence-electron chi connectivity index (χ1n) is 7.02. The number of carbonyl (C=O) groups is 2. The Morgan fingerprint density at radius 3 is 2.43 bits per heavy atom. The molecule has 0 fully saturated rings. The van der Waals surface area contributed by atoms with Gasteiger partial charge in [0.1, 0.15) is 5.75 Å². The van der Waals surface area contributed by atoms with Gasteiger partial charge in [0.2, 0.25) is 0 Å². The number of methoxy groups -OCH3 is 1. The minimum atomic E-state index is -1.22. The molecule has 2 aromatic rings. The minimum Gasteiger partial charge on any atom is -0.495 e. The third-order valence-corrected chi connectivity index (χ3v) is 3.15. The number of carboxylic acid groups (broad SMARTS) is 1. The normalized spacial score (nSPS) is 10.0. The fraction of sp³-hybridized carbons (Fsp3) is 0.176. The highest BCUT2D eigenvalue weighted by atomic mass is 16.5. The molecule has 0 bridgehead atoms. The van der Waals surface area contributed by atoms with Crippen molar-refractivity contribution in [1.29, 1.82) is 0 Å². The molecule has 2 rings (SSSR count). The molecule has 0 radical (unpaired) electrons. The van der Waals surface area contributed by atoms with E-state index in [1.54, 1.807) is 43.3 Å². The van der Waals surface area contributed by atoms with Crippen LogP contribution in [0.4, 0.5) is 11.4 Å². The van der Waals surface area contributed by atoms with E-state index >= 15 is 0 Å². The van der Waals surface area contributed by atoms with Crippen LogP contribution in [0.5, 0.6) is 5.75 Å². The predicted octanol–water partition coefficient (Wildman–Crippen LogP) is 3.31. The van der Waals surface area contributed by atoms with Gasteiger partial charge in [-0.25, -0.2) is 9.59 Å². The molecule has 0 saturated heterocycles. The number of carboxylic acids is 1. The van der Waals surface area contributed by atoms with Gasteiger partial charge >= 0.3 is 11.9 Å². The SMILES string of the molecule is CCOC(=O)c1cccc(Nc2ccccc2OC)c1C(=O)O. The number of anilines is 2. The molecule has 2 N–H and O–H groups in total. The first-order valence-corrected chi connectivity index (χ1v) is 7.02. The van der Waals surface area contributed by atoms with Gasteiger partial charge in [-0.3, -0.25) is 0 Å². The van der Waals surface area contributed by atoms with Crippen LogP contribution in [0, 0.1) is 0 Å². The molecule has 23 heavy (non-hydrogen) atoms. The summed E-state index contributed by atoms with van der Waals surface area (Å²) in [5.41, 5.74) is 0.738. The molecule has 0 aliphatic rings. The van der Waals surface area contributed by atoms with Crippen LogP contribution >= 0.6 is 0 Å². The second-order valence-corrected chi connectivity index (χ2v) is 4.58. The van der Waals surface area contributed by atoms with E-state index < -0.39 is 11.9 Å². The molecule has 6 nitrogen and oxygen atoms in total. The van der Waals surface area contributed by atoms with Gasteiger partial charge in [0.05, 0.1) is 36.2 Å². The summed E-state index contributed by atoms with van der Waals surface area (Å²) in [5.74, 6) is -1.33. The number of nitrogens with one attached hydrogen (secondary N) is 1. The number of rotatable bonds is 6. The highest BCUT2D eigenvalue weighted by molar-refractivity contribution is 6.06. The van der Waals surface area contributed by atoms with E-state index in [1.807, 2.05) is 0 Å². The van der Waals surface area contributed by atoms with E-state index in [9.17, 15) is 14.7 Å². The average Bonchev–Trinajstić information content (AvgIpc) is 2.55. The van der Waals surface area contributed by atoms with Crippen LogP contribution in [0.25, 0.3) is 0 Å². The molecule has 0 saturated carbocycles. The Balaban J connectivity index is 2.48. The lowest BCUT2D eigenvalue weighted by Crippen LogP contribution is -2.13. The van der Waals surface area contributed by atoms with Crippen molar-refractivity contribution in [3.63, 3.8) is 0 Å². The highest BCUT2D eigenvalue weighted by Crippen LogP contribution is 2.30. The topological polar surface area (TPSA) is 84.9 Å². The summed E-state index contributed by atoms with van der Waals surface area (Å²) in [4.78, 5) is 23.6. The standard InChI is InChI=1S/C17H17NO5/c1-3-23-17(21)11-7-6-9-13(15(11)16(19)20)18-12-8-4-5-10-14(12)22-2/h4-10,18H,3H2,1-2H3,(H,19,20). The molecule has 0 aliphatic carbocycles. The van der Waals surface area contributed by atoms with Crippen molar-refractivity contribution < 1.29 is 24.2 Å². The lowest BCUT2D eigenvalue weighted by Gasteiger charge is -2.15. The van der Waals surface area contributed by atoms with E-state index in [1.165, 1.54) is 13.2 Å². The Kier molecular flexibility index (Phi) is 5.19. The maximum Gasteiger partial charge on any atom is 0.339 e. The molecular weight excluding hydrogens is 298 g/mol. The highest BCUT2D eigenvalue weighted by Gasteiger charge is 2.21. The summed E-state index contributed by atoms with van der Waals surface area (Å²) in [6.45, 7) is 1.83. The molecule has 0 aliphatic heterocycles. The maximum atomic E-state index is 12.0. The number of para-hydroxylation sites is 2. The van der Waals surface area contributed by atoms with Crippen LogP contribution in [-0.2, 0) is 4.74 Å². The van der Waals surface area contributed by atoms with Crippen LogP contribution in [0.1, 0.15) is 27.6 Å². The Morgan fingerprint density at radius 1 is 1.09 bits per heavy atom. The zero-order valence-electron chi connectivity index (χ0n) is 12.8. The third kappa shape index (κ3) is 3.60. The van der Waals surface area contributed by atoms with Gasteiger partial charge in [-0.1, -0.05) is 18.2 Å². The smallest absolute Gasteiger partial charge is 0.339 e. The number of hydrogen-bond donors (Lipinski definition) is 2. The zero-order valence-corrected chi connectivity index (χ0v) is 12.8. The lowest BCUT2D eigenvalue weighted by atomic mass is 10.0. The molecule has 0 aromatic heterocycles. The maximum absolute atomic E-state index is 12.0. The van der Waals surface area contributed by atoms with Crippen molar-refractivity contribution in [3.8, 4) is 5.75 Å². The van der Waals surface area contributed by atoms with Gasteiger partial charge in [-0.2, -0.15) is 0 Å². The van der Waals surface area contributed by atoms with Crippen molar-refractivity contribution in [3.05, 3.63) is 53.6 Å². The number of esters is 1. The quantitative estimate of drug-likeness (QED) is 0.796. The van der Waals surface area contributed by atoms with Gasteiger partial charge in [-0.15, -0.1) is 0 Å². The number of benzene rings is 2. The zero-order chi connectivity index (χ0) is 16.8. The fourth-order valence-corrected chi connectivity index (χ4v) is 2.16. The molecule has 2 aromatic carbocycles. The summed E-state index contributed by atoms with van der Waals surface area (Å²) in [6, 6.07) is 11.7. The van der Waals surface area contributed by atoms with Gasteiger partial charge in [0.25, 0.3) is 0 Å². The Labute approximate surface area is 133 Å². The van der Waals surface area contributed by atoms with Crippen LogP contribution in [0.15, 0.2) is 42.5 Å². The average molecular weight is 315 g/mol. The van der Waals surface area contributed by atoms with Crippen LogP contribution < -0.4 is 10.1 Å². The predicted molar refractivity (Wildman–Crippen MR) is 85.6 cm³/mol. The summed E-state index contributed by atoms with van der Waals surface area (Å²) < 4.78 is 10.1. The minimum absolute atomic E-state index is 0.000696. The molecule has 0 atom stereocenters. The fourth-order valence-electron chi connectivity index (χ4n) is 2.16. The van der Waals surface area contributed by atoms with E-state index in [0.717, 1.165) is 0 Å². The van der Waals surface area contributed by atoms with Crippen molar-refractivity contribution in [1.82, 2.24) is 0 Å². The first kappa shape index (κ1) is 16.4. The number of ether oxygens (including phenoxy) is 2. The van der Waals surface area contributed by atoms with E-state index in [2.05, 4.69) is 5.32 Å². The van der Waals surface area contributed by atoms with E-state index in [-0.39, 0.29) is 23.4 Å². The van der Waals surface area contributed by atoms with E-state index in [4.69, 9.17) is 9.47 Å². The van der Waals surface area contributed by atoms with Crippen molar-refractivity contribution in [2.24, 2.45) is 0 Å². The van der Waals surface area contributed by atoms with Crippen LogP contribution in [0.2, 0.25) is 0 Å². The van der Waals surface area contributed by atoms with Crippen LogP contribution in [0.3, 0.4) is 0 Å². The van der Waals surface area contributed by atoms with Crippen LogP contribution in [-0.4, -0.2) is 30.8 Å².